The van der Waals surface area contributed by atoms with E-state index in [1.807, 2.05) is 26.0 Å². The minimum absolute atomic E-state index is 0.0164. The van der Waals surface area contributed by atoms with Gasteiger partial charge in [-0.05, 0) is 18.8 Å². The van der Waals surface area contributed by atoms with Crippen LogP contribution in [0.4, 0.5) is 5.82 Å². The molecule has 2 aliphatic rings. The molecule has 0 spiro atoms. The number of esters is 1. The first-order valence-electron chi connectivity index (χ1n) is 10.3. The summed E-state index contributed by atoms with van der Waals surface area (Å²) in [4.78, 5) is 75.3. The van der Waals surface area contributed by atoms with Crippen molar-refractivity contribution in [1.82, 2.24) is 14.0 Å². The summed E-state index contributed by atoms with van der Waals surface area (Å²) in [5.41, 5.74) is 3.93. The van der Waals surface area contributed by atoms with Crippen LogP contribution in [0.5, 0.6) is 0 Å². The van der Waals surface area contributed by atoms with Crippen molar-refractivity contribution < 1.29 is 23.9 Å². The van der Waals surface area contributed by atoms with Gasteiger partial charge >= 0.3 is 11.7 Å². The first kappa shape index (κ1) is 23.2. The van der Waals surface area contributed by atoms with Crippen LogP contribution < -0.4 is 17.0 Å². The Hall–Kier alpha value is -3.50. The summed E-state index contributed by atoms with van der Waals surface area (Å²) in [6.45, 7) is 2.44. The number of imide groups is 1. The smallest absolute Gasteiger partial charge is 0.332 e. The Morgan fingerprint density at radius 3 is 2.19 bits per heavy atom. The van der Waals surface area contributed by atoms with Gasteiger partial charge in [0.05, 0.1) is 11.8 Å². The van der Waals surface area contributed by atoms with Gasteiger partial charge in [-0.3, -0.25) is 38.0 Å². The Kier molecular flexibility index (Phi) is 6.47. The van der Waals surface area contributed by atoms with Crippen molar-refractivity contribution in [3.8, 4) is 0 Å². The van der Waals surface area contributed by atoms with Crippen LogP contribution in [0, 0.1) is 17.8 Å². The molecule has 1 aromatic heterocycles. The van der Waals surface area contributed by atoms with Gasteiger partial charge in [0.25, 0.3) is 5.56 Å². The minimum atomic E-state index is -0.961. The van der Waals surface area contributed by atoms with E-state index < -0.39 is 65.4 Å². The number of nitrogen functional groups attached to an aromatic ring is 1. The van der Waals surface area contributed by atoms with Crippen LogP contribution in [0.3, 0.4) is 0 Å². The lowest BCUT2D eigenvalue weighted by molar-refractivity contribution is -0.152. The number of ketones is 1. The third-order valence-corrected chi connectivity index (χ3v) is 5.66. The average Bonchev–Trinajstić information content (AvgIpc) is 2.99. The Morgan fingerprint density at radius 1 is 1.09 bits per heavy atom. The van der Waals surface area contributed by atoms with Crippen molar-refractivity contribution >= 4 is 29.4 Å². The Balaban J connectivity index is 1.71. The summed E-state index contributed by atoms with van der Waals surface area (Å²) >= 11 is 0. The number of Topliss-reactive ketones (excluding diaryl/α,β-unsaturated/α-hetero) is 1. The number of allylic oxidation sites excluding steroid dienone is 2. The standard InChI is InChI=1S/C21H26N4O7/c1-11(2)8-24-17(22)16(20(30)23(3)21(24)31)14(26)10-32-15(27)9-25-18(28)12-6-4-5-7-13(12)19(25)29/h4-5,11-13H,6-10,22H2,1-3H3/t12-,13+. The van der Waals surface area contributed by atoms with Crippen LogP contribution in [-0.2, 0) is 32.7 Å². The molecule has 3 rings (SSSR count). The van der Waals surface area contributed by atoms with E-state index in [2.05, 4.69) is 0 Å². The summed E-state index contributed by atoms with van der Waals surface area (Å²) < 4.78 is 6.82. The summed E-state index contributed by atoms with van der Waals surface area (Å²) in [5.74, 6) is -3.96. The van der Waals surface area contributed by atoms with Gasteiger partial charge in [0.2, 0.25) is 17.6 Å². The summed E-state index contributed by atoms with van der Waals surface area (Å²) in [6, 6.07) is 0. The highest BCUT2D eigenvalue weighted by atomic mass is 16.5. The van der Waals surface area contributed by atoms with Crippen LogP contribution in [-0.4, -0.2) is 50.8 Å². The Labute approximate surface area is 183 Å². The van der Waals surface area contributed by atoms with Gasteiger partial charge in [-0.15, -0.1) is 0 Å². The van der Waals surface area contributed by atoms with Crippen LogP contribution in [0.1, 0.15) is 37.0 Å². The third-order valence-electron chi connectivity index (χ3n) is 5.66. The molecular formula is C21H26N4O7. The number of amides is 2. The number of carbonyl (C=O) groups is 4. The van der Waals surface area contributed by atoms with E-state index in [4.69, 9.17) is 10.5 Å². The molecule has 2 amide bonds. The van der Waals surface area contributed by atoms with Crippen LogP contribution >= 0.6 is 0 Å². The first-order valence-corrected chi connectivity index (χ1v) is 10.3. The molecule has 1 aliphatic carbocycles. The molecule has 32 heavy (non-hydrogen) atoms. The van der Waals surface area contributed by atoms with Gasteiger partial charge in [0.1, 0.15) is 17.9 Å². The summed E-state index contributed by atoms with van der Waals surface area (Å²) in [7, 11) is 1.22. The van der Waals surface area contributed by atoms with Gasteiger partial charge in [-0.25, -0.2) is 4.79 Å². The zero-order valence-electron chi connectivity index (χ0n) is 18.2. The number of likely N-dealkylation sites (tertiary alicyclic amines) is 1. The second-order valence-corrected chi connectivity index (χ2v) is 8.41. The van der Waals surface area contributed by atoms with Gasteiger partial charge in [0.15, 0.2) is 6.61 Å². The number of rotatable bonds is 7. The molecule has 0 bridgehead atoms. The third kappa shape index (κ3) is 4.14. The monoisotopic (exact) mass is 446 g/mol. The highest BCUT2D eigenvalue weighted by Crippen LogP contribution is 2.34. The molecular weight excluding hydrogens is 420 g/mol. The molecule has 1 fully saturated rings. The lowest BCUT2D eigenvalue weighted by atomic mass is 9.85. The van der Waals surface area contributed by atoms with Crippen LogP contribution in [0.25, 0.3) is 0 Å². The number of nitrogens with two attached hydrogens (primary N) is 1. The van der Waals surface area contributed by atoms with E-state index in [9.17, 15) is 28.8 Å². The molecule has 0 unspecified atom stereocenters. The highest BCUT2D eigenvalue weighted by molar-refractivity contribution is 6.07. The number of fused-ring (bicyclic) bond motifs is 1. The molecule has 2 atom stereocenters. The summed E-state index contributed by atoms with van der Waals surface area (Å²) in [6.07, 6.45) is 4.54. The molecule has 0 aromatic carbocycles. The number of anilines is 1. The van der Waals surface area contributed by atoms with Crippen molar-refractivity contribution in [3.63, 3.8) is 0 Å². The van der Waals surface area contributed by atoms with E-state index in [1.54, 1.807) is 0 Å². The quantitative estimate of drug-likeness (QED) is 0.254. The van der Waals surface area contributed by atoms with Crippen molar-refractivity contribution in [3.05, 3.63) is 38.6 Å². The molecule has 0 radical (unpaired) electrons. The molecule has 1 saturated heterocycles. The van der Waals surface area contributed by atoms with Crippen molar-refractivity contribution in [1.29, 1.82) is 0 Å². The molecule has 0 saturated carbocycles. The number of aromatic nitrogens is 2. The molecule has 11 heteroatoms. The topological polar surface area (TPSA) is 151 Å². The number of nitrogens with zero attached hydrogens (tertiary/aromatic N) is 3. The fourth-order valence-electron chi connectivity index (χ4n) is 4.00. The molecule has 172 valence electrons. The predicted molar refractivity (Wildman–Crippen MR) is 113 cm³/mol. The second-order valence-electron chi connectivity index (χ2n) is 8.41. The minimum Gasteiger partial charge on any atom is -0.456 e. The molecule has 2 heterocycles. The highest BCUT2D eigenvalue weighted by Gasteiger charge is 2.47. The average molecular weight is 446 g/mol. The Morgan fingerprint density at radius 2 is 1.66 bits per heavy atom. The lowest BCUT2D eigenvalue weighted by Gasteiger charge is -2.16. The molecule has 1 aromatic rings. The van der Waals surface area contributed by atoms with Crippen molar-refractivity contribution in [2.24, 2.45) is 24.8 Å². The maximum Gasteiger partial charge on any atom is 0.332 e. The normalized spacial score (nSPS) is 20.1. The number of hydrogen-bond acceptors (Lipinski definition) is 8. The number of carbonyl (C=O) groups excluding carboxylic acids is 4. The SMILES string of the molecule is CC(C)Cn1c(N)c(C(=O)COC(=O)CN2C(=O)[C@H]3CC=CC[C@H]3C2=O)c(=O)n(C)c1=O. The van der Waals surface area contributed by atoms with E-state index in [0.29, 0.717) is 12.8 Å². The van der Waals surface area contributed by atoms with E-state index in [0.717, 1.165) is 14.0 Å². The summed E-state index contributed by atoms with van der Waals surface area (Å²) in [5, 5.41) is 0. The predicted octanol–water partition coefficient (Wildman–Crippen LogP) is -0.538. The maximum absolute atomic E-state index is 12.6. The van der Waals surface area contributed by atoms with E-state index in [-0.39, 0.29) is 18.3 Å². The molecule has 2 N–H and O–H groups in total. The largest absolute Gasteiger partial charge is 0.456 e. The van der Waals surface area contributed by atoms with Gasteiger partial charge < -0.3 is 10.5 Å². The maximum atomic E-state index is 12.6. The molecule has 11 nitrogen and oxygen atoms in total. The van der Waals surface area contributed by atoms with Crippen LogP contribution in [0.15, 0.2) is 21.7 Å². The van der Waals surface area contributed by atoms with Gasteiger partial charge in [-0.2, -0.15) is 0 Å². The van der Waals surface area contributed by atoms with Crippen LogP contribution in [0.2, 0.25) is 0 Å². The zero-order valence-corrected chi connectivity index (χ0v) is 18.2. The first-order chi connectivity index (χ1) is 15.0. The Bertz CT molecular complexity index is 1100. The fourth-order valence-corrected chi connectivity index (χ4v) is 4.00. The second kappa shape index (κ2) is 8.93. The van der Waals surface area contributed by atoms with E-state index >= 15 is 0 Å². The zero-order chi connectivity index (χ0) is 23.7. The lowest BCUT2D eigenvalue weighted by Crippen LogP contribution is -2.44. The van der Waals surface area contributed by atoms with Crippen molar-refractivity contribution in [2.75, 3.05) is 18.9 Å². The number of ether oxygens (including phenoxy) is 1. The van der Waals surface area contributed by atoms with Gasteiger partial charge in [0, 0.05) is 13.6 Å². The molecule has 1 aliphatic heterocycles. The van der Waals surface area contributed by atoms with E-state index in [1.165, 1.54) is 7.05 Å². The number of hydrogen-bond donors (Lipinski definition) is 1. The van der Waals surface area contributed by atoms with Gasteiger partial charge in [-0.1, -0.05) is 26.0 Å². The fraction of sp³-hybridized carbons (Fsp3) is 0.524. The van der Waals surface area contributed by atoms with Crippen molar-refractivity contribution in [2.45, 2.75) is 33.2 Å².